The van der Waals surface area contributed by atoms with Crippen LogP contribution in [-0.4, -0.2) is 70.4 Å². The smallest absolute Gasteiger partial charge is 0.282 e. The Morgan fingerprint density at radius 2 is 1.76 bits per heavy atom. The fourth-order valence-corrected chi connectivity index (χ4v) is 5.37. The summed E-state index contributed by atoms with van der Waals surface area (Å²) in [5.41, 5.74) is 3.94. The number of rotatable bonds is 8. The van der Waals surface area contributed by atoms with Crippen molar-refractivity contribution in [2.75, 3.05) is 30.8 Å². The number of likely N-dealkylation sites (N-methyl/N-ethyl adjacent to an activating group) is 1. The third-order valence-corrected chi connectivity index (χ3v) is 7.78. The van der Waals surface area contributed by atoms with Crippen LogP contribution in [0.3, 0.4) is 0 Å². The third kappa shape index (κ3) is 5.61. The summed E-state index contributed by atoms with van der Waals surface area (Å²) in [6.45, 7) is 13.6. The van der Waals surface area contributed by atoms with Gasteiger partial charge in [-0.15, -0.1) is 10.2 Å². The molecule has 0 unspecified atom stereocenters. The number of benzene rings is 2. The molecule has 2 aromatic carbocycles. The van der Waals surface area contributed by atoms with E-state index in [-0.39, 0.29) is 16.9 Å². The predicted octanol–water partition coefficient (Wildman–Crippen LogP) is 3.35. The van der Waals surface area contributed by atoms with Crippen molar-refractivity contribution < 1.29 is 8.42 Å². The van der Waals surface area contributed by atoms with Crippen LogP contribution in [0.2, 0.25) is 0 Å². The molecule has 1 N–H and O–H groups in total. The Labute approximate surface area is 244 Å². The normalized spacial score (nSPS) is 14.5. The lowest BCUT2D eigenvalue weighted by molar-refractivity contribution is 0.587. The van der Waals surface area contributed by atoms with E-state index in [1.807, 2.05) is 77.9 Å². The van der Waals surface area contributed by atoms with E-state index in [2.05, 4.69) is 24.9 Å². The van der Waals surface area contributed by atoms with Crippen molar-refractivity contribution in [2.45, 2.75) is 41.5 Å². The second-order valence-corrected chi connectivity index (χ2v) is 13.2. The van der Waals surface area contributed by atoms with E-state index in [9.17, 15) is 13.2 Å². The number of nitrogens with one attached hydrogen (secondary N) is 1. The Balaban J connectivity index is 1.55. The minimum Gasteiger partial charge on any atom is -0.370 e. The SMILES string of the molecule is CCN(CCNS(C)(=O)=O)c1ccc(N=C2C(C(C)(C)C)=Nn3c2nnc3-n2nc(C)c3ccccc3c2=O)c(C)c1. The van der Waals surface area contributed by atoms with Crippen LogP contribution in [0.25, 0.3) is 16.7 Å². The van der Waals surface area contributed by atoms with Gasteiger partial charge in [-0.3, -0.25) is 4.79 Å². The first-order valence-corrected chi connectivity index (χ1v) is 15.6. The van der Waals surface area contributed by atoms with Crippen LogP contribution in [0.4, 0.5) is 11.4 Å². The molecule has 0 spiro atoms. The molecule has 0 saturated heterocycles. The lowest BCUT2D eigenvalue weighted by Crippen LogP contribution is -2.34. The molecule has 0 bridgehead atoms. The van der Waals surface area contributed by atoms with E-state index < -0.39 is 10.0 Å². The maximum Gasteiger partial charge on any atom is 0.282 e. The molecule has 13 heteroatoms. The van der Waals surface area contributed by atoms with Crippen LogP contribution in [0.15, 0.2) is 57.4 Å². The summed E-state index contributed by atoms with van der Waals surface area (Å²) < 4.78 is 28.3. The molecule has 0 amide bonds. The van der Waals surface area contributed by atoms with Crippen molar-refractivity contribution in [1.29, 1.82) is 0 Å². The van der Waals surface area contributed by atoms with Crippen LogP contribution >= 0.6 is 0 Å². The zero-order chi connectivity index (χ0) is 30.4. The molecule has 42 heavy (non-hydrogen) atoms. The molecule has 4 aromatic rings. The van der Waals surface area contributed by atoms with Crippen molar-refractivity contribution in [1.82, 2.24) is 29.4 Å². The number of aliphatic imine (C=N–C) groups is 1. The van der Waals surface area contributed by atoms with E-state index in [1.165, 1.54) is 4.68 Å². The lowest BCUT2D eigenvalue weighted by Gasteiger charge is -2.24. The Morgan fingerprint density at radius 3 is 2.40 bits per heavy atom. The van der Waals surface area contributed by atoms with E-state index in [4.69, 9.17) is 10.1 Å². The molecule has 0 fully saturated rings. The summed E-state index contributed by atoms with van der Waals surface area (Å²) in [4.78, 5) is 20.5. The van der Waals surface area contributed by atoms with Gasteiger partial charge in [0.2, 0.25) is 15.8 Å². The van der Waals surface area contributed by atoms with Crippen molar-refractivity contribution in [3.63, 3.8) is 0 Å². The first-order chi connectivity index (χ1) is 19.8. The number of fused-ring (bicyclic) bond motifs is 2. The Bertz CT molecular complexity index is 1910. The maximum atomic E-state index is 13.4. The summed E-state index contributed by atoms with van der Waals surface area (Å²) >= 11 is 0. The topological polar surface area (TPSA) is 140 Å². The average Bonchev–Trinajstić information content (AvgIpc) is 3.49. The number of anilines is 1. The predicted molar refractivity (Wildman–Crippen MR) is 166 cm³/mol. The number of aryl methyl sites for hydroxylation is 2. The molecule has 1 aliphatic heterocycles. The number of hydrogen-bond acceptors (Lipinski definition) is 9. The van der Waals surface area contributed by atoms with E-state index in [1.54, 1.807) is 10.7 Å². The fourth-order valence-electron chi connectivity index (χ4n) is 4.91. The average molecular weight is 590 g/mol. The molecule has 12 nitrogen and oxygen atoms in total. The Morgan fingerprint density at radius 1 is 1.05 bits per heavy atom. The van der Waals surface area contributed by atoms with Crippen molar-refractivity contribution >= 4 is 43.6 Å². The largest absolute Gasteiger partial charge is 0.370 e. The molecule has 220 valence electrons. The molecule has 0 saturated carbocycles. The summed E-state index contributed by atoms with van der Waals surface area (Å²) in [5.74, 6) is 0.629. The molecule has 5 rings (SSSR count). The van der Waals surface area contributed by atoms with Gasteiger partial charge in [0, 0.05) is 36.1 Å². The van der Waals surface area contributed by atoms with Gasteiger partial charge in [-0.2, -0.15) is 19.6 Å². The molecule has 1 aliphatic rings. The molecule has 2 aromatic heterocycles. The first-order valence-electron chi connectivity index (χ1n) is 13.7. The van der Waals surface area contributed by atoms with Crippen LogP contribution < -0.4 is 15.2 Å². The standard InChI is InChI=1S/C29H35N9O3S/c1-8-36(16-15-30-42(7,40)41)20-13-14-23(18(2)17-20)31-24-25(29(4,5)6)35-37-26(24)32-33-28(37)38-27(39)22-12-10-9-11-21(22)19(3)34-38/h9-14,17,30H,8,15-16H2,1-7H3. The number of hydrogen-bond donors (Lipinski definition) is 1. The highest BCUT2D eigenvalue weighted by atomic mass is 32.2. The summed E-state index contributed by atoms with van der Waals surface area (Å²) in [6.07, 6.45) is 1.15. The monoisotopic (exact) mass is 589 g/mol. The van der Waals surface area contributed by atoms with E-state index in [0.717, 1.165) is 28.6 Å². The third-order valence-electron chi connectivity index (χ3n) is 7.06. The van der Waals surface area contributed by atoms with Gasteiger partial charge < -0.3 is 4.90 Å². The quantitative estimate of drug-likeness (QED) is 0.332. The minimum absolute atomic E-state index is 0.198. The van der Waals surface area contributed by atoms with Crippen molar-refractivity contribution in [3.05, 3.63) is 69.9 Å². The zero-order valence-corrected chi connectivity index (χ0v) is 25.7. The molecular formula is C29H35N9O3S. The molecular weight excluding hydrogens is 554 g/mol. The van der Waals surface area contributed by atoms with E-state index >= 15 is 0 Å². The van der Waals surface area contributed by atoms with Crippen LogP contribution in [0, 0.1) is 19.3 Å². The Hall–Kier alpha value is -4.23. The molecule has 0 radical (unpaired) electrons. The van der Waals surface area contributed by atoms with Crippen molar-refractivity contribution in [3.8, 4) is 5.95 Å². The van der Waals surface area contributed by atoms with Gasteiger partial charge in [-0.25, -0.2) is 18.1 Å². The molecule has 3 heterocycles. The highest BCUT2D eigenvalue weighted by Gasteiger charge is 2.36. The van der Waals surface area contributed by atoms with Crippen LogP contribution in [-0.2, 0) is 10.0 Å². The Kier molecular flexibility index (Phi) is 7.58. The van der Waals surface area contributed by atoms with Gasteiger partial charge in [-0.1, -0.05) is 39.0 Å². The summed E-state index contributed by atoms with van der Waals surface area (Å²) in [6, 6.07) is 13.3. The van der Waals surface area contributed by atoms with Gasteiger partial charge in [0.15, 0.2) is 0 Å². The van der Waals surface area contributed by atoms with Gasteiger partial charge >= 0.3 is 0 Å². The summed E-state index contributed by atoms with van der Waals surface area (Å²) in [7, 11) is -3.25. The fraction of sp³-hybridized carbons (Fsp3) is 0.379. The molecule has 0 atom stereocenters. The van der Waals surface area contributed by atoms with E-state index in [0.29, 0.717) is 48.0 Å². The van der Waals surface area contributed by atoms with Gasteiger partial charge in [0.05, 0.1) is 28.7 Å². The highest BCUT2D eigenvalue weighted by molar-refractivity contribution is 7.88. The highest BCUT2D eigenvalue weighted by Crippen LogP contribution is 2.30. The van der Waals surface area contributed by atoms with Gasteiger partial charge in [-0.05, 0) is 50.6 Å². The van der Waals surface area contributed by atoms with Crippen LogP contribution in [0.1, 0.15) is 44.8 Å². The second-order valence-electron chi connectivity index (χ2n) is 11.4. The maximum absolute atomic E-state index is 13.4. The minimum atomic E-state index is -3.25. The number of sulfonamides is 1. The zero-order valence-electron chi connectivity index (χ0n) is 24.9. The summed E-state index contributed by atoms with van der Waals surface area (Å²) in [5, 5.41) is 19.4. The first kappa shape index (κ1) is 29.3. The molecule has 0 aliphatic carbocycles. The van der Waals surface area contributed by atoms with Gasteiger partial charge in [0.25, 0.3) is 11.5 Å². The number of aromatic nitrogens is 5. The second kappa shape index (κ2) is 10.9. The van der Waals surface area contributed by atoms with Crippen LogP contribution in [0.5, 0.6) is 0 Å². The van der Waals surface area contributed by atoms with Crippen molar-refractivity contribution in [2.24, 2.45) is 15.5 Å². The number of nitrogens with zero attached hydrogens (tertiary/aromatic N) is 8. The van der Waals surface area contributed by atoms with Gasteiger partial charge in [0.1, 0.15) is 5.71 Å². The lowest BCUT2D eigenvalue weighted by atomic mass is 9.87.